The van der Waals surface area contributed by atoms with Crippen molar-refractivity contribution in [1.82, 2.24) is 15.2 Å². The molecule has 1 heterocycles. The number of hydrogen-bond donors (Lipinski definition) is 2. The van der Waals surface area contributed by atoms with E-state index in [0.717, 1.165) is 11.4 Å². The third-order valence-electron chi connectivity index (χ3n) is 3.45. The third kappa shape index (κ3) is 4.08. The van der Waals surface area contributed by atoms with Crippen LogP contribution in [0.1, 0.15) is 17.3 Å². The molecule has 0 fully saturated rings. The summed E-state index contributed by atoms with van der Waals surface area (Å²) in [6, 6.07) is 14.6. The molecule has 0 radical (unpaired) electrons. The summed E-state index contributed by atoms with van der Waals surface area (Å²) in [7, 11) is 1.60. The van der Waals surface area contributed by atoms with Gasteiger partial charge in [0.15, 0.2) is 11.6 Å². The lowest BCUT2D eigenvalue weighted by Gasteiger charge is -2.10. The van der Waals surface area contributed by atoms with Gasteiger partial charge in [0.2, 0.25) is 5.95 Å². The lowest BCUT2D eigenvalue weighted by atomic mass is 10.1. The van der Waals surface area contributed by atoms with Crippen molar-refractivity contribution < 1.29 is 9.53 Å². The van der Waals surface area contributed by atoms with Crippen LogP contribution in [0.5, 0.6) is 5.75 Å². The van der Waals surface area contributed by atoms with E-state index in [9.17, 15) is 4.79 Å². The molecule has 0 aliphatic rings. The summed E-state index contributed by atoms with van der Waals surface area (Å²) in [6.07, 6.45) is 1.51. The molecule has 2 aromatic carbocycles. The van der Waals surface area contributed by atoms with Crippen LogP contribution in [0.4, 0.5) is 23.1 Å². The summed E-state index contributed by atoms with van der Waals surface area (Å²) >= 11 is 0. The minimum atomic E-state index is 0.00277. The fourth-order valence-corrected chi connectivity index (χ4v) is 2.25. The van der Waals surface area contributed by atoms with Gasteiger partial charge in [0.05, 0.1) is 19.0 Å². The molecule has 3 aromatic rings. The summed E-state index contributed by atoms with van der Waals surface area (Å²) in [5, 5.41) is 14.1. The number of carbonyl (C=O) groups is 1. The highest BCUT2D eigenvalue weighted by Crippen LogP contribution is 2.25. The summed E-state index contributed by atoms with van der Waals surface area (Å²) in [5.74, 6) is 1.52. The Bertz CT molecular complexity index is 898. The summed E-state index contributed by atoms with van der Waals surface area (Å²) in [6.45, 7) is 1.53. The number of hydrogen-bond acceptors (Lipinski definition) is 7. The Labute approximate surface area is 145 Å². The number of Topliss-reactive ketones (excluding diaryl/α,β-unsaturated/α-hetero) is 1. The van der Waals surface area contributed by atoms with Gasteiger partial charge < -0.3 is 15.4 Å². The standard InChI is InChI=1S/C18H17N5O2/c1-12(24)13-6-5-7-14(10-13)20-17-11-19-23-18(22-17)21-15-8-3-4-9-16(15)25-2/h3-11H,1-2H3,(H2,20,21,22,23). The zero-order valence-electron chi connectivity index (χ0n) is 13.9. The monoisotopic (exact) mass is 335 g/mol. The molecule has 0 spiro atoms. The van der Waals surface area contributed by atoms with E-state index in [1.165, 1.54) is 13.1 Å². The Kier molecular flexibility index (Phi) is 4.84. The number of rotatable bonds is 6. The predicted molar refractivity (Wildman–Crippen MR) is 95.8 cm³/mol. The van der Waals surface area contributed by atoms with Gasteiger partial charge in [-0.1, -0.05) is 24.3 Å². The molecular formula is C18H17N5O2. The van der Waals surface area contributed by atoms with Gasteiger partial charge in [-0.25, -0.2) is 0 Å². The van der Waals surface area contributed by atoms with Gasteiger partial charge in [0, 0.05) is 11.3 Å². The van der Waals surface area contributed by atoms with E-state index in [1.807, 2.05) is 36.4 Å². The Morgan fingerprint density at radius 2 is 1.92 bits per heavy atom. The van der Waals surface area contributed by atoms with Crippen LogP contribution in [0.2, 0.25) is 0 Å². The van der Waals surface area contributed by atoms with Crippen LogP contribution in [0.15, 0.2) is 54.7 Å². The van der Waals surface area contributed by atoms with Crippen molar-refractivity contribution in [3.05, 3.63) is 60.3 Å². The molecule has 2 N–H and O–H groups in total. The first-order valence-electron chi connectivity index (χ1n) is 7.63. The number of nitrogens with zero attached hydrogens (tertiary/aromatic N) is 3. The van der Waals surface area contributed by atoms with Gasteiger partial charge in [-0.15, -0.1) is 5.10 Å². The highest BCUT2D eigenvalue weighted by atomic mass is 16.5. The zero-order valence-corrected chi connectivity index (χ0v) is 13.9. The van der Waals surface area contributed by atoms with Gasteiger partial charge >= 0.3 is 0 Å². The molecule has 0 saturated carbocycles. The molecule has 0 atom stereocenters. The molecular weight excluding hydrogens is 318 g/mol. The second kappa shape index (κ2) is 7.39. The number of aromatic nitrogens is 3. The first-order valence-corrected chi connectivity index (χ1v) is 7.63. The fourth-order valence-electron chi connectivity index (χ4n) is 2.25. The van der Waals surface area contributed by atoms with E-state index in [-0.39, 0.29) is 5.78 Å². The van der Waals surface area contributed by atoms with Crippen molar-refractivity contribution in [2.45, 2.75) is 6.92 Å². The number of methoxy groups -OCH3 is 1. The van der Waals surface area contributed by atoms with E-state index in [0.29, 0.717) is 23.1 Å². The average Bonchev–Trinajstić information content (AvgIpc) is 2.63. The van der Waals surface area contributed by atoms with Gasteiger partial charge in [0.25, 0.3) is 0 Å². The van der Waals surface area contributed by atoms with Crippen LogP contribution in [-0.2, 0) is 0 Å². The zero-order chi connectivity index (χ0) is 17.6. The lowest BCUT2D eigenvalue weighted by molar-refractivity contribution is 0.101. The van der Waals surface area contributed by atoms with Crippen molar-refractivity contribution in [3.63, 3.8) is 0 Å². The number of anilines is 4. The van der Waals surface area contributed by atoms with Crippen molar-refractivity contribution in [1.29, 1.82) is 0 Å². The largest absolute Gasteiger partial charge is 0.495 e. The molecule has 0 unspecified atom stereocenters. The molecule has 1 aromatic heterocycles. The van der Waals surface area contributed by atoms with Gasteiger partial charge in [0.1, 0.15) is 5.75 Å². The van der Waals surface area contributed by atoms with E-state index in [4.69, 9.17) is 4.74 Å². The second-order valence-electron chi connectivity index (χ2n) is 5.25. The number of ether oxygens (including phenoxy) is 1. The fraction of sp³-hybridized carbons (Fsp3) is 0.111. The summed E-state index contributed by atoms with van der Waals surface area (Å²) < 4.78 is 5.29. The summed E-state index contributed by atoms with van der Waals surface area (Å²) in [5.41, 5.74) is 2.11. The second-order valence-corrected chi connectivity index (χ2v) is 5.25. The molecule has 0 amide bonds. The normalized spacial score (nSPS) is 10.2. The van der Waals surface area contributed by atoms with E-state index in [2.05, 4.69) is 25.8 Å². The van der Waals surface area contributed by atoms with Crippen molar-refractivity contribution in [2.24, 2.45) is 0 Å². The first kappa shape index (κ1) is 16.4. The number of ketones is 1. The Hall–Kier alpha value is -3.48. The maximum absolute atomic E-state index is 11.5. The molecule has 0 bridgehead atoms. The molecule has 7 nitrogen and oxygen atoms in total. The highest BCUT2D eigenvalue weighted by molar-refractivity contribution is 5.95. The molecule has 3 rings (SSSR count). The number of benzene rings is 2. The van der Waals surface area contributed by atoms with Gasteiger partial charge in [-0.05, 0) is 31.2 Å². The van der Waals surface area contributed by atoms with Gasteiger partial charge in [-0.3, -0.25) is 4.79 Å². The van der Waals surface area contributed by atoms with E-state index >= 15 is 0 Å². The van der Waals surface area contributed by atoms with Crippen molar-refractivity contribution >= 4 is 28.9 Å². The van der Waals surface area contributed by atoms with Crippen LogP contribution in [-0.4, -0.2) is 28.1 Å². The Morgan fingerprint density at radius 1 is 1.08 bits per heavy atom. The highest BCUT2D eigenvalue weighted by Gasteiger charge is 2.06. The minimum absolute atomic E-state index is 0.00277. The quantitative estimate of drug-likeness (QED) is 0.666. The molecule has 0 saturated heterocycles. The topological polar surface area (TPSA) is 89.0 Å². The van der Waals surface area contributed by atoms with Crippen LogP contribution in [0.3, 0.4) is 0 Å². The Morgan fingerprint density at radius 3 is 2.72 bits per heavy atom. The SMILES string of the molecule is COc1ccccc1Nc1nncc(Nc2cccc(C(C)=O)c2)n1. The third-order valence-corrected chi connectivity index (χ3v) is 3.45. The van der Waals surface area contributed by atoms with Crippen LogP contribution < -0.4 is 15.4 Å². The van der Waals surface area contributed by atoms with Crippen molar-refractivity contribution in [3.8, 4) is 5.75 Å². The summed E-state index contributed by atoms with van der Waals surface area (Å²) in [4.78, 5) is 15.9. The lowest BCUT2D eigenvalue weighted by Crippen LogP contribution is -2.03. The van der Waals surface area contributed by atoms with E-state index in [1.54, 1.807) is 19.2 Å². The van der Waals surface area contributed by atoms with E-state index < -0.39 is 0 Å². The smallest absolute Gasteiger partial charge is 0.249 e. The van der Waals surface area contributed by atoms with Crippen molar-refractivity contribution in [2.75, 3.05) is 17.7 Å². The number of para-hydroxylation sites is 2. The molecule has 7 heteroatoms. The van der Waals surface area contributed by atoms with Gasteiger partial charge in [-0.2, -0.15) is 10.1 Å². The predicted octanol–water partition coefficient (Wildman–Crippen LogP) is 3.57. The Balaban J connectivity index is 1.80. The maximum atomic E-state index is 11.5. The molecule has 0 aliphatic carbocycles. The maximum Gasteiger partial charge on any atom is 0.249 e. The number of carbonyl (C=O) groups excluding carboxylic acids is 1. The first-order chi connectivity index (χ1) is 12.2. The molecule has 0 aliphatic heterocycles. The van der Waals surface area contributed by atoms with Crippen LogP contribution in [0.25, 0.3) is 0 Å². The average molecular weight is 335 g/mol. The number of nitrogens with one attached hydrogen (secondary N) is 2. The minimum Gasteiger partial charge on any atom is -0.495 e. The molecule has 126 valence electrons. The molecule has 25 heavy (non-hydrogen) atoms. The van der Waals surface area contributed by atoms with Crippen LogP contribution >= 0.6 is 0 Å². The van der Waals surface area contributed by atoms with Crippen LogP contribution in [0, 0.1) is 0 Å².